The third kappa shape index (κ3) is 53.2. The fourth-order valence-corrected chi connectivity index (χ4v) is 12.0. The van der Waals surface area contributed by atoms with Crippen LogP contribution < -0.4 is 0 Å². The van der Waals surface area contributed by atoms with E-state index in [2.05, 4.69) is 34.6 Å². The van der Waals surface area contributed by atoms with Gasteiger partial charge in [0.1, 0.15) is 0 Å². The van der Waals surface area contributed by atoms with E-state index in [0.29, 0.717) is 43.5 Å². The summed E-state index contributed by atoms with van der Waals surface area (Å²) in [6.45, 7) is 78.6. The van der Waals surface area contributed by atoms with Gasteiger partial charge in [-0.3, -0.25) is 47.9 Å². The zero-order chi connectivity index (χ0) is 92.3. The van der Waals surface area contributed by atoms with Crippen molar-refractivity contribution in [3.8, 4) is 0 Å². The number of carbonyl (C=O) groups is 10. The minimum absolute atomic E-state index is 0. The minimum atomic E-state index is -0.457. The van der Waals surface area contributed by atoms with Crippen molar-refractivity contribution in [3.05, 3.63) is 0 Å². The van der Waals surface area contributed by atoms with Gasteiger partial charge < -0.3 is 73.4 Å². The molecule has 0 aliphatic carbocycles. The van der Waals surface area contributed by atoms with Gasteiger partial charge in [-0.2, -0.15) is 0 Å². The first-order valence-corrected chi connectivity index (χ1v) is 41.8. The number of aliphatic hydroxyl groups is 2. The Morgan fingerprint density at radius 1 is 0.457 bits per heavy atom. The second-order valence-corrected chi connectivity index (χ2v) is 43.2. The van der Waals surface area contributed by atoms with Gasteiger partial charge in [0.05, 0.1) is 37.4 Å². The average molecular weight is 1660 g/mol. The third-order valence-corrected chi connectivity index (χ3v) is 18.2. The quantitative estimate of drug-likeness (QED) is 0.172. The second kappa shape index (κ2) is 52.6. The number of likely N-dealkylation sites (N-methyl/N-ethyl adjacent to an activating group) is 1. The number of aliphatic hydroxyl groups excluding tert-OH is 2. The molecule has 0 radical (unpaired) electrons. The predicted octanol–water partition coefficient (Wildman–Crippen LogP) is 13.6. The van der Waals surface area contributed by atoms with E-state index >= 15 is 0 Å². The summed E-state index contributed by atoms with van der Waals surface area (Å²) >= 11 is 0. The summed E-state index contributed by atoms with van der Waals surface area (Å²) in [5, 5.41) is 18.0. The molecule has 25 heteroatoms. The summed E-state index contributed by atoms with van der Waals surface area (Å²) < 4.78 is 15.3. The van der Waals surface area contributed by atoms with Crippen LogP contribution in [0, 0.1) is 71.4 Å². The molecule has 10 amide bonds. The Balaban J connectivity index is -0.000000290. The maximum absolute atomic E-state index is 11.9. The molecule has 5 saturated heterocycles. The summed E-state index contributed by atoms with van der Waals surface area (Å²) in [4.78, 5) is 132. The molecule has 3 unspecified atom stereocenters. The van der Waals surface area contributed by atoms with E-state index < -0.39 is 6.10 Å². The maximum Gasteiger partial charge on any atom is 0.228 e. The van der Waals surface area contributed by atoms with Gasteiger partial charge in [0.25, 0.3) is 0 Å². The van der Waals surface area contributed by atoms with Gasteiger partial charge in [-0.25, -0.2) is 0 Å². The van der Waals surface area contributed by atoms with Gasteiger partial charge in [-0.05, 0) is 43.9 Å². The Morgan fingerprint density at radius 3 is 1.07 bits per heavy atom. The van der Waals surface area contributed by atoms with Crippen molar-refractivity contribution in [2.75, 3.05) is 176 Å². The fraction of sp³-hybridized carbons (Fsp3) is 0.890. The number of hydrogen-bond donors (Lipinski definition) is 2. The number of likely N-dealkylation sites (tertiary alicyclic amines) is 3. The van der Waals surface area contributed by atoms with Crippen molar-refractivity contribution in [3.63, 3.8) is 0 Å². The van der Waals surface area contributed by atoms with E-state index in [1.165, 1.54) is 12.8 Å². The van der Waals surface area contributed by atoms with Crippen molar-refractivity contribution in [1.29, 1.82) is 0 Å². The van der Waals surface area contributed by atoms with Crippen LogP contribution in [0.3, 0.4) is 0 Å². The van der Waals surface area contributed by atoms with Crippen LogP contribution in [0.5, 0.6) is 0 Å². The number of rotatable bonds is 12. The van der Waals surface area contributed by atoms with Crippen LogP contribution in [0.2, 0.25) is 0 Å². The monoisotopic (exact) mass is 1660 g/mol. The van der Waals surface area contributed by atoms with E-state index in [1.807, 2.05) is 230 Å². The Hall–Kier alpha value is -5.50. The van der Waals surface area contributed by atoms with Crippen LogP contribution >= 0.6 is 0 Å². The van der Waals surface area contributed by atoms with Gasteiger partial charge in [0.2, 0.25) is 59.1 Å². The van der Waals surface area contributed by atoms with Crippen molar-refractivity contribution in [1.82, 2.24) is 49.0 Å². The molecule has 0 saturated carbocycles. The molecule has 0 aromatic heterocycles. The molecule has 5 aliphatic heterocycles. The number of carbonyl (C=O) groups excluding carboxylic acids is 10. The van der Waals surface area contributed by atoms with Gasteiger partial charge in [0.15, 0.2) is 0 Å². The standard InChI is InChI=1S/C11H21NO.C11H23NO.C10H17NO2.C10H21NO2.C9H19NO2.C9H19NO.2C8H15NO2.2C7H15NO.CH4/c1-5-9-6-7-12(8-9)10(13)11(2,3)4;1-10(2,3)8-12(7)9(13)11(4,5)6;1-9(2,3)8(12)11-4-10(5-11)6-13-7-10;1-10(2,3)9(12)11(4)7-6-8-13-5;1-7(11)6-10(5)8(12)9(2,3)4;1-6-7-10(5)8(11)9(2,3)4;1-8(2,3)7(11)9-4-6(10)5-9;1-7(10)9(2)5-8-3-4-11-6-8;2*1-7(2,3)6(9)8(4)5;/h9H,5-8H2,1-4H3;8H2,1-7H3;4-7H2,1-3H3;6-8H2,1-5H3;7,11H,6H2,1-5H3;6-7H2,1-5H3;6,10H,4-5H2,1-3H3;8H,3-6H2,1-2H3;2*1-5H3;1H4. The molecule has 5 heterocycles. The van der Waals surface area contributed by atoms with Crippen molar-refractivity contribution >= 4 is 59.1 Å². The van der Waals surface area contributed by atoms with Crippen LogP contribution in [0.1, 0.15) is 275 Å². The molecule has 0 aromatic rings. The molecule has 1 spiro atoms. The lowest BCUT2D eigenvalue weighted by atomic mass is 9.76. The van der Waals surface area contributed by atoms with Gasteiger partial charge >= 0.3 is 0 Å². The summed E-state index contributed by atoms with van der Waals surface area (Å²) in [7, 11) is 17.9. The number of β-amino-alcohol motifs (C(OH)–C–C–N with tert-alkyl or cyclic N) is 1. The predicted molar refractivity (Wildman–Crippen MR) is 477 cm³/mol. The Labute approximate surface area is 711 Å². The number of ether oxygens (including phenoxy) is 3. The number of amides is 10. The lowest BCUT2D eigenvalue weighted by Gasteiger charge is -2.56. The van der Waals surface area contributed by atoms with Crippen LogP contribution in [0.25, 0.3) is 0 Å². The smallest absolute Gasteiger partial charge is 0.228 e. The number of hydrogen-bond acceptors (Lipinski definition) is 15. The normalized spacial score (nSPS) is 16.6. The van der Waals surface area contributed by atoms with Crippen LogP contribution in [0.15, 0.2) is 0 Å². The molecule has 0 bridgehead atoms. The zero-order valence-electron chi connectivity index (χ0n) is 82.3. The zero-order valence-corrected chi connectivity index (χ0v) is 82.3. The highest BCUT2D eigenvalue weighted by Gasteiger charge is 2.52. The second-order valence-electron chi connectivity index (χ2n) is 43.2. The highest BCUT2D eigenvalue weighted by atomic mass is 16.5. The van der Waals surface area contributed by atoms with Crippen molar-refractivity contribution in [2.24, 2.45) is 71.4 Å². The summed E-state index contributed by atoms with van der Waals surface area (Å²) in [5.74, 6) is 3.15. The molecule has 25 nitrogen and oxygen atoms in total. The van der Waals surface area contributed by atoms with Crippen LogP contribution in [-0.2, 0) is 62.2 Å². The maximum atomic E-state index is 11.9. The van der Waals surface area contributed by atoms with E-state index in [-0.39, 0.29) is 121 Å². The molecule has 0 aromatic carbocycles. The van der Waals surface area contributed by atoms with Crippen molar-refractivity contribution in [2.45, 2.75) is 287 Å². The topological polar surface area (TPSA) is 271 Å². The Bertz CT molecular complexity index is 2800. The van der Waals surface area contributed by atoms with E-state index in [4.69, 9.17) is 24.4 Å². The van der Waals surface area contributed by atoms with Gasteiger partial charge in [-0.15, -0.1) is 0 Å². The van der Waals surface area contributed by atoms with E-state index in [9.17, 15) is 47.9 Å². The molecular weight excluding hydrogens is 1470 g/mol. The Morgan fingerprint density at radius 2 is 0.810 bits per heavy atom. The third-order valence-electron chi connectivity index (χ3n) is 18.2. The fourth-order valence-electron chi connectivity index (χ4n) is 12.0. The highest BCUT2D eigenvalue weighted by Crippen LogP contribution is 2.39. The summed E-state index contributed by atoms with van der Waals surface area (Å²) in [5.41, 5.74) is -1.81. The molecule has 5 rings (SSSR count). The number of methoxy groups -OCH3 is 1. The minimum Gasteiger partial charge on any atom is -0.392 e. The molecule has 3 atom stereocenters. The first-order valence-electron chi connectivity index (χ1n) is 41.8. The largest absolute Gasteiger partial charge is 0.392 e. The van der Waals surface area contributed by atoms with Crippen LogP contribution in [-0.4, -0.2) is 306 Å². The molecule has 116 heavy (non-hydrogen) atoms. The summed E-state index contributed by atoms with van der Waals surface area (Å²) in [6.07, 6.45) is 4.67. The van der Waals surface area contributed by atoms with Gasteiger partial charge in [0, 0.05) is 217 Å². The lowest BCUT2D eigenvalue weighted by Crippen LogP contribution is -2.68. The van der Waals surface area contributed by atoms with E-state index in [1.54, 1.807) is 90.5 Å². The average Bonchev–Trinajstić information content (AvgIpc) is 0.911. The molecule has 2 N–H and O–H groups in total. The highest BCUT2D eigenvalue weighted by molar-refractivity contribution is 5.85. The Kier molecular flexibility index (Phi) is 55.0. The number of nitrogens with zero attached hydrogens (tertiary/aromatic N) is 10. The lowest BCUT2D eigenvalue weighted by molar-refractivity contribution is -0.199. The first-order chi connectivity index (χ1) is 51.3. The molecule has 688 valence electrons. The van der Waals surface area contributed by atoms with E-state index in [0.717, 1.165) is 104 Å². The SMILES string of the molecule is C.CC(=O)N(C)CC1CCOC1.CC(C)(C)C(=O)N1CC(O)C1.CC(C)(C)C(=O)N1CC2(COC2)C1.CC(O)CN(C)C(=O)C(C)(C)C.CCC1CCN(C(=O)C(C)(C)C)C1.CCCN(C)C(=O)C(C)(C)C.CN(C)C(=O)C(C)(C)C.CN(C)C(=O)C(C)(C)C.CN(CC(C)(C)C)C(=O)C(C)(C)C.COCCCN(C)C(=O)C(C)(C)C. The molecule has 5 fully saturated rings. The summed E-state index contributed by atoms with van der Waals surface area (Å²) in [6, 6.07) is 0. The first kappa shape index (κ1) is 121. The molecule has 5 aliphatic rings. The van der Waals surface area contributed by atoms with Gasteiger partial charge in [-0.1, -0.05) is 235 Å². The molecular formula is C91H184N10O15. The van der Waals surface area contributed by atoms with Crippen LogP contribution in [0.4, 0.5) is 0 Å². The van der Waals surface area contributed by atoms with Crippen molar-refractivity contribution < 1.29 is 72.4 Å².